The molecular formula is C20H20N2O4S. The van der Waals surface area contributed by atoms with Crippen LogP contribution in [-0.2, 0) is 10.0 Å². The van der Waals surface area contributed by atoms with Crippen molar-refractivity contribution >= 4 is 26.5 Å². The summed E-state index contributed by atoms with van der Waals surface area (Å²) < 4.78 is 35.6. The number of hydrogen-bond acceptors (Lipinski definition) is 5. The van der Waals surface area contributed by atoms with E-state index < -0.39 is 10.0 Å². The summed E-state index contributed by atoms with van der Waals surface area (Å²) in [5, 5.41) is 6.23. The fraction of sp³-hybridized carbons (Fsp3) is 0.150. The number of hydrogen-bond donors (Lipinski definition) is 1. The van der Waals surface area contributed by atoms with Gasteiger partial charge in [0.2, 0.25) is 0 Å². The second kappa shape index (κ2) is 7.67. The number of nitrogens with zero attached hydrogens (tertiary/aromatic N) is 1. The van der Waals surface area contributed by atoms with Crippen LogP contribution >= 0.6 is 0 Å². The van der Waals surface area contributed by atoms with Gasteiger partial charge < -0.3 is 9.47 Å². The number of hydrazone groups is 1. The highest BCUT2D eigenvalue weighted by atomic mass is 32.2. The Labute approximate surface area is 158 Å². The molecule has 0 aliphatic rings. The monoisotopic (exact) mass is 384 g/mol. The zero-order valence-corrected chi connectivity index (χ0v) is 16.1. The number of benzene rings is 3. The standard InChI is InChI=1S/C20H20N2O4S/c1-14(16-9-8-15-6-4-5-7-17(15)12-16)21-22-27(23,24)20-13-18(25-2)10-11-19(20)26-3/h4-13,22H,1-3H3/b21-14+. The van der Waals surface area contributed by atoms with Crippen LogP contribution in [0.4, 0.5) is 0 Å². The van der Waals surface area contributed by atoms with Crippen LogP contribution in [-0.4, -0.2) is 28.3 Å². The van der Waals surface area contributed by atoms with Crippen molar-refractivity contribution in [1.29, 1.82) is 0 Å². The van der Waals surface area contributed by atoms with Crippen molar-refractivity contribution < 1.29 is 17.9 Å². The molecule has 0 heterocycles. The van der Waals surface area contributed by atoms with Gasteiger partial charge in [-0.05, 0) is 41.5 Å². The lowest BCUT2D eigenvalue weighted by Crippen LogP contribution is -2.20. The normalized spacial score (nSPS) is 12.0. The Balaban J connectivity index is 1.91. The molecular weight excluding hydrogens is 364 g/mol. The Morgan fingerprint density at radius 1 is 0.926 bits per heavy atom. The molecule has 0 radical (unpaired) electrons. The summed E-state index contributed by atoms with van der Waals surface area (Å²) in [5.41, 5.74) is 1.38. The Morgan fingerprint density at radius 2 is 1.67 bits per heavy atom. The van der Waals surface area contributed by atoms with Gasteiger partial charge in [0, 0.05) is 6.07 Å². The highest BCUT2D eigenvalue weighted by Crippen LogP contribution is 2.28. The highest BCUT2D eigenvalue weighted by molar-refractivity contribution is 7.89. The molecule has 3 rings (SSSR count). The minimum atomic E-state index is -3.92. The molecule has 3 aromatic carbocycles. The third-order valence-corrected chi connectivity index (χ3v) is 5.39. The molecule has 0 fully saturated rings. The molecule has 6 nitrogen and oxygen atoms in total. The maximum absolute atomic E-state index is 12.7. The van der Waals surface area contributed by atoms with Gasteiger partial charge in [0.1, 0.15) is 16.4 Å². The van der Waals surface area contributed by atoms with Gasteiger partial charge >= 0.3 is 0 Å². The van der Waals surface area contributed by atoms with Crippen LogP contribution in [0.25, 0.3) is 10.8 Å². The Bertz CT molecular complexity index is 1110. The van der Waals surface area contributed by atoms with E-state index in [4.69, 9.17) is 9.47 Å². The maximum Gasteiger partial charge on any atom is 0.280 e. The quantitative estimate of drug-likeness (QED) is 0.521. The third kappa shape index (κ3) is 4.03. The van der Waals surface area contributed by atoms with Crippen LogP contribution in [0.1, 0.15) is 12.5 Å². The van der Waals surface area contributed by atoms with Crippen LogP contribution in [0.15, 0.2) is 70.7 Å². The van der Waals surface area contributed by atoms with E-state index in [-0.39, 0.29) is 10.6 Å². The number of methoxy groups -OCH3 is 2. The first kappa shape index (κ1) is 18.7. The van der Waals surface area contributed by atoms with Crippen molar-refractivity contribution in [2.45, 2.75) is 11.8 Å². The molecule has 0 atom stereocenters. The zero-order valence-electron chi connectivity index (χ0n) is 15.3. The molecule has 140 valence electrons. The third-order valence-electron chi connectivity index (χ3n) is 4.16. The van der Waals surface area contributed by atoms with E-state index in [1.165, 1.54) is 26.4 Å². The maximum atomic E-state index is 12.7. The van der Waals surface area contributed by atoms with Gasteiger partial charge in [-0.1, -0.05) is 36.4 Å². The van der Waals surface area contributed by atoms with Gasteiger partial charge in [0.25, 0.3) is 10.0 Å². The van der Waals surface area contributed by atoms with E-state index in [1.807, 2.05) is 42.5 Å². The molecule has 0 saturated heterocycles. The largest absolute Gasteiger partial charge is 0.497 e. The van der Waals surface area contributed by atoms with E-state index in [0.717, 1.165) is 16.3 Å². The summed E-state index contributed by atoms with van der Waals surface area (Å²) in [7, 11) is -1.05. The van der Waals surface area contributed by atoms with Crippen molar-refractivity contribution in [3.8, 4) is 11.5 Å². The van der Waals surface area contributed by atoms with Crippen LogP contribution in [0.2, 0.25) is 0 Å². The van der Waals surface area contributed by atoms with Gasteiger partial charge in [-0.25, -0.2) is 0 Å². The van der Waals surface area contributed by atoms with Gasteiger partial charge in [-0.15, -0.1) is 0 Å². The Morgan fingerprint density at radius 3 is 2.37 bits per heavy atom. The minimum Gasteiger partial charge on any atom is -0.497 e. The first-order chi connectivity index (χ1) is 12.9. The topological polar surface area (TPSA) is 77.0 Å². The fourth-order valence-corrected chi connectivity index (χ4v) is 3.69. The second-order valence-corrected chi connectivity index (χ2v) is 7.50. The first-order valence-electron chi connectivity index (χ1n) is 8.22. The van der Waals surface area contributed by atoms with Crippen LogP contribution in [0.3, 0.4) is 0 Å². The average Bonchev–Trinajstić information content (AvgIpc) is 2.71. The van der Waals surface area contributed by atoms with E-state index >= 15 is 0 Å². The van der Waals surface area contributed by atoms with Crippen molar-refractivity contribution in [3.05, 3.63) is 66.2 Å². The van der Waals surface area contributed by atoms with Crippen LogP contribution in [0.5, 0.6) is 11.5 Å². The minimum absolute atomic E-state index is 0.0422. The van der Waals surface area contributed by atoms with Crippen LogP contribution in [0, 0.1) is 0 Å². The van der Waals surface area contributed by atoms with Crippen molar-refractivity contribution in [2.75, 3.05) is 14.2 Å². The van der Waals surface area contributed by atoms with Gasteiger partial charge in [0.15, 0.2) is 0 Å². The molecule has 0 bridgehead atoms. The van der Waals surface area contributed by atoms with E-state index in [2.05, 4.69) is 9.93 Å². The SMILES string of the molecule is COc1ccc(OC)c(S(=O)(=O)N/N=C(\C)c2ccc3ccccc3c2)c1. The Kier molecular flexibility index (Phi) is 5.32. The van der Waals surface area contributed by atoms with Gasteiger partial charge in [-0.2, -0.15) is 18.4 Å². The predicted molar refractivity (Wildman–Crippen MR) is 106 cm³/mol. The smallest absolute Gasteiger partial charge is 0.280 e. The van der Waals surface area contributed by atoms with E-state index in [1.54, 1.807) is 13.0 Å². The number of fused-ring (bicyclic) bond motifs is 1. The predicted octanol–water partition coefficient (Wildman–Crippen LogP) is 3.56. The lowest BCUT2D eigenvalue weighted by molar-refractivity contribution is 0.392. The molecule has 1 N–H and O–H groups in total. The lowest BCUT2D eigenvalue weighted by Gasteiger charge is -2.11. The number of sulfonamides is 1. The summed E-state index contributed by atoms with van der Waals surface area (Å²) >= 11 is 0. The Hall–Kier alpha value is -3.06. The summed E-state index contributed by atoms with van der Waals surface area (Å²) in [6, 6.07) is 18.3. The summed E-state index contributed by atoms with van der Waals surface area (Å²) in [4.78, 5) is 2.23. The molecule has 3 aromatic rings. The first-order valence-corrected chi connectivity index (χ1v) is 9.70. The molecule has 0 amide bonds. The second-order valence-electron chi connectivity index (χ2n) is 5.87. The molecule has 0 aromatic heterocycles. The molecule has 0 spiro atoms. The molecule has 27 heavy (non-hydrogen) atoms. The molecule has 0 saturated carbocycles. The fourth-order valence-electron chi connectivity index (χ4n) is 2.65. The van der Waals surface area contributed by atoms with Crippen molar-refractivity contribution in [2.24, 2.45) is 5.10 Å². The molecule has 0 aliphatic carbocycles. The molecule has 0 aliphatic heterocycles. The van der Waals surface area contributed by atoms with E-state index in [9.17, 15) is 8.42 Å². The van der Waals surface area contributed by atoms with Crippen LogP contribution < -0.4 is 14.3 Å². The van der Waals surface area contributed by atoms with Crippen molar-refractivity contribution in [1.82, 2.24) is 4.83 Å². The zero-order chi connectivity index (χ0) is 19.4. The van der Waals surface area contributed by atoms with Gasteiger partial charge in [0.05, 0.1) is 19.9 Å². The van der Waals surface area contributed by atoms with Crippen molar-refractivity contribution in [3.63, 3.8) is 0 Å². The number of ether oxygens (including phenoxy) is 2. The number of rotatable bonds is 6. The lowest BCUT2D eigenvalue weighted by atomic mass is 10.0. The average molecular weight is 384 g/mol. The summed E-state index contributed by atoms with van der Waals surface area (Å²) in [6.45, 7) is 1.75. The molecule has 0 unspecified atom stereocenters. The number of nitrogens with one attached hydrogen (secondary N) is 1. The highest BCUT2D eigenvalue weighted by Gasteiger charge is 2.20. The summed E-state index contributed by atoms with van der Waals surface area (Å²) in [6.07, 6.45) is 0. The van der Waals surface area contributed by atoms with E-state index in [0.29, 0.717) is 11.5 Å². The van der Waals surface area contributed by atoms with Gasteiger partial charge in [-0.3, -0.25) is 0 Å². The molecule has 7 heteroatoms. The summed E-state index contributed by atoms with van der Waals surface area (Å²) in [5.74, 6) is 0.619.